The van der Waals surface area contributed by atoms with Crippen molar-refractivity contribution >= 4 is 111 Å². The number of hydrogen-bond donors (Lipinski definition) is 8. The predicted octanol–water partition coefficient (Wildman–Crippen LogP) is 12.5. The van der Waals surface area contributed by atoms with Gasteiger partial charge in [0.2, 0.25) is 0 Å². The molecule has 1 saturated heterocycles. The van der Waals surface area contributed by atoms with Gasteiger partial charge in [0.15, 0.2) is 20.1 Å². The molecule has 1 fully saturated rings. The van der Waals surface area contributed by atoms with Crippen LogP contribution in [0.2, 0.25) is 0 Å². The van der Waals surface area contributed by atoms with Crippen LogP contribution >= 0.6 is 0 Å². The highest BCUT2D eigenvalue weighted by Crippen LogP contribution is 2.40. The van der Waals surface area contributed by atoms with Crippen molar-refractivity contribution in [1.82, 2.24) is 77.6 Å². The topological polar surface area (TPSA) is 454 Å². The molecule has 36 nitrogen and oxygen atoms in total. The molecule has 692 valence electrons. The molecule has 0 spiro atoms. The van der Waals surface area contributed by atoms with Crippen molar-refractivity contribution in [1.29, 1.82) is 0 Å². The number of amides is 12. The van der Waals surface area contributed by atoms with E-state index in [9.17, 15) is 76.4 Å². The van der Waals surface area contributed by atoms with Crippen LogP contribution in [0.15, 0.2) is 99.0 Å². The van der Waals surface area contributed by atoms with E-state index in [0.29, 0.717) is 54.4 Å². The molecule has 12 amide bonds. The maximum absolute atomic E-state index is 14.1. The number of aromatic nitrogens is 8. The zero-order valence-electron chi connectivity index (χ0n) is 76.4. The minimum atomic E-state index is -4.35. The number of nitrogens with one attached hydrogen (secondary N) is 8. The summed E-state index contributed by atoms with van der Waals surface area (Å²) in [5, 5.41) is 24.9. The van der Waals surface area contributed by atoms with Gasteiger partial charge in [0.1, 0.15) is 28.6 Å². The predicted molar refractivity (Wildman–Crippen MR) is 482 cm³/mol. The SMILES string of the molecule is CC(C)c1cc(F)cc(C(C)C)c1NC(=O)NS(=O)(=O)c1cc(C(=O)N(C)C)n(C)n1.CC(C)c1cccc(C(C)C)c1NC(=O)NS(=O)(=O)c1cc(C(=O)N(C)C(C)C)n(C)n1.CCN(CC)C(=O)c1cc(S(=O)(=O)NC(=O)Nc2c(C(C)C)cccc2C(C)C)nn1C.Cn1nc(S(=O)(=O)NC(=O)Nc2c3c(cc4c2CCC4)CCC3)cc1C(=O)N1CCCC1. The molecule has 127 heavy (non-hydrogen) atoms. The fraction of sp³-hybridized carbons (Fsp3) is 0.488. The van der Waals surface area contributed by atoms with Crippen LogP contribution in [0.1, 0.15) is 270 Å². The van der Waals surface area contributed by atoms with Crippen molar-refractivity contribution in [3.8, 4) is 0 Å². The minimum Gasteiger partial charge on any atom is -0.343 e. The third-order valence-corrected chi connectivity index (χ3v) is 26.7. The molecule has 0 atom stereocenters. The maximum atomic E-state index is 14.1. The van der Waals surface area contributed by atoms with E-state index in [2.05, 4.69) is 52.5 Å². The van der Waals surface area contributed by atoms with E-state index in [1.165, 1.54) is 108 Å². The highest BCUT2D eigenvalue weighted by atomic mass is 32.2. The summed E-state index contributed by atoms with van der Waals surface area (Å²) in [4.78, 5) is 107. The quantitative estimate of drug-likeness (QED) is 0.0263. The Labute approximate surface area is 743 Å². The summed E-state index contributed by atoms with van der Waals surface area (Å²) in [7, 11) is -6.56. The number of anilines is 4. The van der Waals surface area contributed by atoms with Gasteiger partial charge in [-0.2, -0.15) is 54.1 Å². The first-order valence-electron chi connectivity index (χ1n) is 42.1. The summed E-state index contributed by atoms with van der Waals surface area (Å²) < 4.78 is 129. The number of nitrogens with zero attached hydrogens (tertiary/aromatic N) is 12. The van der Waals surface area contributed by atoms with Gasteiger partial charge >= 0.3 is 24.1 Å². The van der Waals surface area contributed by atoms with E-state index in [4.69, 9.17) is 0 Å². The van der Waals surface area contributed by atoms with Crippen molar-refractivity contribution in [3.05, 3.63) is 163 Å². The van der Waals surface area contributed by atoms with E-state index in [1.807, 2.05) is 161 Å². The summed E-state index contributed by atoms with van der Waals surface area (Å²) in [5.74, 6) is -1.53. The number of sulfonamides is 4. The van der Waals surface area contributed by atoms with Crippen molar-refractivity contribution < 1.29 is 76.4 Å². The first-order chi connectivity index (χ1) is 59.2. The lowest BCUT2D eigenvalue weighted by Gasteiger charge is -2.21. The molecule has 5 heterocycles. The molecule has 0 saturated carbocycles. The van der Waals surface area contributed by atoms with Crippen LogP contribution in [0.5, 0.6) is 0 Å². The normalized spacial score (nSPS) is 13.1. The third kappa shape index (κ3) is 24.4. The van der Waals surface area contributed by atoms with Gasteiger partial charge in [-0.25, -0.2) is 42.5 Å². The Morgan fingerprint density at radius 1 is 0.386 bits per heavy atom. The molecule has 11 rings (SSSR count). The van der Waals surface area contributed by atoms with Crippen molar-refractivity contribution in [2.75, 3.05) is 68.6 Å². The number of benzene rings is 4. The lowest BCUT2D eigenvalue weighted by atomic mass is 9.92. The molecule has 1 aliphatic heterocycles. The number of hydrogen-bond acceptors (Lipinski definition) is 20. The molecule has 4 aromatic carbocycles. The number of likely N-dealkylation sites (tertiary alicyclic amines) is 1. The number of carbonyl (C=O) groups is 8. The fourth-order valence-electron chi connectivity index (χ4n) is 14.8. The molecule has 4 aromatic heterocycles. The van der Waals surface area contributed by atoms with Crippen molar-refractivity contribution in [2.24, 2.45) is 28.2 Å². The number of carbonyl (C=O) groups excluding carboxylic acids is 8. The Morgan fingerprint density at radius 3 is 0.984 bits per heavy atom. The average molecular weight is 1840 g/mol. The average Bonchev–Trinajstić information content (AvgIpc) is 1.19. The van der Waals surface area contributed by atoms with Crippen LogP contribution in [0.25, 0.3) is 0 Å². The van der Waals surface area contributed by atoms with Gasteiger partial charge in [-0.1, -0.05) is 126 Å². The lowest BCUT2D eigenvalue weighted by Crippen LogP contribution is -2.35. The smallest absolute Gasteiger partial charge is 0.333 e. The van der Waals surface area contributed by atoms with E-state index in [0.717, 1.165) is 101 Å². The van der Waals surface area contributed by atoms with Crippen LogP contribution in [-0.2, 0) is 94.0 Å². The van der Waals surface area contributed by atoms with E-state index < -0.39 is 91.0 Å². The maximum Gasteiger partial charge on any atom is 0.333 e. The molecule has 8 aromatic rings. The molecule has 0 radical (unpaired) electrons. The third-order valence-electron chi connectivity index (χ3n) is 21.8. The van der Waals surface area contributed by atoms with Crippen LogP contribution in [-0.4, -0.2) is 194 Å². The number of urea groups is 4. The van der Waals surface area contributed by atoms with Gasteiger partial charge < -0.3 is 40.9 Å². The number of rotatable bonds is 25. The number of aryl methyl sites for hydroxylation is 6. The molecular formula is C86H121FN20O16S4. The summed E-state index contributed by atoms with van der Waals surface area (Å²) in [6.45, 7) is 33.0. The van der Waals surface area contributed by atoms with Crippen LogP contribution in [0, 0.1) is 5.82 Å². The van der Waals surface area contributed by atoms with Gasteiger partial charge in [0.05, 0.1) is 0 Å². The van der Waals surface area contributed by atoms with Crippen molar-refractivity contribution in [3.63, 3.8) is 0 Å². The van der Waals surface area contributed by atoms with Crippen molar-refractivity contribution in [2.45, 2.75) is 224 Å². The van der Waals surface area contributed by atoms with Crippen LogP contribution in [0.4, 0.5) is 46.3 Å². The van der Waals surface area contributed by atoms with E-state index in [-0.39, 0.29) is 87.1 Å². The second-order valence-corrected chi connectivity index (χ2v) is 40.2. The second-order valence-electron chi connectivity index (χ2n) is 33.6. The first kappa shape index (κ1) is 101. The number of fused-ring (bicyclic) bond motifs is 2. The molecule has 3 aliphatic rings. The molecule has 0 unspecified atom stereocenters. The Bertz CT molecular complexity index is 5660. The van der Waals surface area contributed by atoms with Crippen LogP contribution in [0.3, 0.4) is 0 Å². The van der Waals surface area contributed by atoms with Gasteiger partial charge in [-0.05, 0) is 182 Å². The largest absolute Gasteiger partial charge is 0.343 e. The van der Waals surface area contributed by atoms with E-state index >= 15 is 0 Å². The number of para-hydroxylation sites is 2. The zero-order chi connectivity index (χ0) is 94.7. The molecule has 41 heteroatoms. The highest BCUT2D eigenvalue weighted by molar-refractivity contribution is 7.90. The summed E-state index contributed by atoms with van der Waals surface area (Å²) in [5.41, 5.74) is 12.3. The van der Waals surface area contributed by atoms with Gasteiger partial charge in [-0.3, -0.25) is 37.9 Å². The summed E-state index contributed by atoms with van der Waals surface area (Å²) in [6.07, 6.45) is 7.67. The molecule has 2 aliphatic carbocycles. The number of halogens is 1. The molecule has 8 N–H and O–H groups in total. The first-order valence-corrected chi connectivity index (χ1v) is 48.0. The summed E-state index contributed by atoms with van der Waals surface area (Å²) in [6, 6.07) is 17.3. The fourth-order valence-corrected chi connectivity index (χ4v) is 18.4. The Balaban J connectivity index is 0.000000209. The lowest BCUT2D eigenvalue weighted by molar-refractivity contribution is 0.0740. The minimum absolute atomic E-state index is 0.0495. The Kier molecular flexibility index (Phi) is 33.3. The Morgan fingerprint density at radius 2 is 0.677 bits per heavy atom. The second kappa shape index (κ2) is 41.9. The zero-order valence-corrected chi connectivity index (χ0v) is 79.7. The standard InChI is InChI=1S/C22H27N5O4S.2C22H33N5O4S.C20H28FN5O4S/c1-26-18(21(28)27-10-2-3-11-27)13-19(24-26)32(30,31)25-22(29)23-20-16-8-4-6-14(16)12-15-7-5-9-17(15)20;1-13(2)16-10-9-11-17(14(3)4)20(16)23-22(29)25-32(30,31)19-12-18(27(8)24-19)21(28)26(7)15(5)6;1-8-27(9-2)21(28)18-13-19(24-26(18)7)32(30,31)25-22(29)23-20-16(14(3)4)11-10-12-17(20)15(5)6;1-11(2)14-8-13(21)9-15(12(3)4)18(14)22-20(28)24-31(29,30)17-10-16(26(7)23-17)19(27)25(5)6/h12-13H,2-11H2,1H3,(H2,23,25,29);9-15H,1-8H3,(H2,23,25,29);10-15H,8-9H2,1-7H3,(H2,23,25,29);8-12H,1-7H3,(H2,22,24,28). The monoisotopic (exact) mass is 1840 g/mol. The molecular weight excluding hydrogens is 1720 g/mol. The van der Waals surface area contributed by atoms with E-state index in [1.54, 1.807) is 16.8 Å². The molecule has 0 bridgehead atoms. The highest BCUT2D eigenvalue weighted by Gasteiger charge is 2.35. The Hall–Kier alpha value is -11.6. The summed E-state index contributed by atoms with van der Waals surface area (Å²) >= 11 is 0. The van der Waals surface area contributed by atoms with Gasteiger partial charge in [0, 0.05) is 129 Å². The van der Waals surface area contributed by atoms with Crippen LogP contribution < -0.4 is 40.2 Å². The van der Waals surface area contributed by atoms with Gasteiger partial charge in [-0.15, -0.1) is 0 Å². The van der Waals surface area contributed by atoms with Gasteiger partial charge in [0.25, 0.3) is 63.7 Å².